The predicted octanol–water partition coefficient (Wildman–Crippen LogP) is 10.5. The molecule has 0 saturated heterocycles. The average molecular weight is 601 g/mol. The van der Waals surface area contributed by atoms with Crippen LogP contribution in [-0.2, 0) is 0 Å². The molecule has 5 aromatic rings. The largest absolute Gasteiger partial charge is 0.354 e. The number of hydrogen-bond acceptors (Lipinski definition) is 2. The van der Waals surface area contributed by atoms with E-state index in [0.29, 0.717) is 11.3 Å². The second kappa shape index (κ2) is 14.2. The molecule has 2 nitrogen and oxygen atoms in total. The summed E-state index contributed by atoms with van der Waals surface area (Å²) in [5, 5.41) is 7.68. The smallest absolute Gasteiger partial charge is 0.0654 e. The van der Waals surface area contributed by atoms with Crippen LogP contribution in [0.15, 0.2) is 150 Å². The molecule has 4 heteroatoms. The van der Waals surface area contributed by atoms with E-state index in [4.69, 9.17) is 4.74 Å². The summed E-state index contributed by atoms with van der Waals surface area (Å²) >= 11 is 0. The number of aryl methyl sites for hydroxylation is 1. The first-order valence-electron chi connectivity index (χ1n) is 15.1. The van der Waals surface area contributed by atoms with Gasteiger partial charge in [0.1, 0.15) is 0 Å². The van der Waals surface area contributed by atoms with Crippen molar-refractivity contribution in [2.24, 2.45) is 4.74 Å². The predicted molar refractivity (Wildman–Crippen MR) is 194 cm³/mol. The molecule has 0 aliphatic heterocycles. The van der Waals surface area contributed by atoms with Gasteiger partial charge in [-0.05, 0) is 47.3 Å². The summed E-state index contributed by atoms with van der Waals surface area (Å²) in [5.41, 5.74) is 6.83. The van der Waals surface area contributed by atoms with Crippen molar-refractivity contribution >= 4 is 48.0 Å². The van der Waals surface area contributed by atoms with E-state index < -0.39 is 7.05 Å². The Morgan fingerprint density at radius 2 is 1.12 bits per heavy atom. The van der Waals surface area contributed by atoms with Crippen LogP contribution in [0.5, 0.6) is 0 Å². The molecular formula is C39H42N2P2. The number of nitrogens with zero attached hydrogens (tertiary/aromatic N) is 1. The van der Waals surface area contributed by atoms with Gasteiger partial charge in [0, 0.05) is 27.3 Å². The highest BCUT2D eigenvalue weighted by Gasteiger charge is 2.30. The zero-order chi connectivity index (χ0) is 30.2. The Labute approximate surface area is 259 Å². The van der Waals surface area contributed by atoms with E-state index in [-0.39, 0.29) is 7.92 Å². The van der Waals surface area contributed by atoms with Crippen molar-refractivity contribution < 1.29 is 0 Å². The average Bonchev–Trinajstić information content (AvgIpc) is 3.04. The van der Waals surface area contributed by atoms with Crippen molar-refractivity contribution in [3.8, 4) is 0 Å². The first-order chi connectivity index (χ1) is 20.9. The normalized spacial score (nSPS) is 12.1. The molecule has 1 N–H and O–H groups in total. The summed E-state index contributed by atoms with van der Waals surface area (Å²) in [6, 6.07) is 49.9. The van der Waals surface area contributed by atoms with Gasteiger partial charge in [-0.15, -0.1) is 0 Å². The van der Waals surface area contributed by atoms with Gasteiger partial charge in [0.15, 0.2) is 0 Å². The van der Waals surface area contributed by atoms with Crippen LogP contribution in [0.3, 0.4) is 0 Å². The molecule has 0 aromatic heterocycles. The number of rotatable bonds is 10. The van der Waals surface area contributed by atoms with E-state index in [0.717, 1.165) is 17.1 Å². The summed E-state index contributed by atoms with van der Waals surface area (Å²) in [4.78, 5) is 0. The molecule has 0 atom stereocenters. The SMILES string of the molecule is Cc1ccccc1N=P(c1ccccc1)(c1ccccc1)c1ccccc1N/C(=C\P(C(C)C)C(C)C)c1ccccc1. The van der Waals surface area contributed by atoms with Gasteiger partial charge in [0.05, 0.1) is 12.7 Å². The lowest BCUT2D eigenvalue weighted by Crippen LogP contribution is -2.27. The van der Waals surface area contributed by atoms with Gasteiger partial charge < -0.3 is 5.32 Å². The van der Waals surface area contributed by atoms with Crippen LogP contribution in [0.25, 0.3) is 5.70 Å². The maximum absolute atomic E-state index is 5.81. The molecular weight excluding hydrogens is 558 g/mol. The molecule has 0 aliphatic carbocycles. The van der Waals surface area contributed by atoms with E-state index >= 15 is 0 Å². The first kappa shape index (κ1) is 30.7. The van der Waals surface area contributed by atoms with Gasteiger partial charge in [-0.1, -0.05) is 163 Å². The van der Waals surface area contributed by atoms with E-state index in [1.807, 2.05) is 0 Å². The van der Waals surface area contributed by atoms with Gasteiger partial charge in [0.2, 0.25) is 0 Å². The molecule has 0 unspecified atom stereocenters. The minimum atomic E-state index is -2.52. The maximum Gasteiger partial charge on any atom is 0.0654 e. The number of para-hydroxylation sites is 1. The third kappa shape index (κ3) is 6.94. The third-order valence-corrected chi connectivity index (χ3v) is 14.3. The molecule has 0 radical (unpaired) electrons. The molecule has 0 amide bonds. The summed E-state index contributed by atoms with van der Waals surface area (Å²) in [5.74, 6) is 2.51. The van der Waals surface area contributed by atoms with Crippen molar-refractivity contribution in [3.05, 3.63) is 156 Å². The van der Waals surface area contributed by atoms with Gasteiger partial charge >= 0.3 is 0 Å². The highest BCUT2D eigenvalue weighted by molar-refractivity contribution is 7.87. The molecule has 43 heavy (non-hydrogen) atoms. The number of benzene rings is 5. The molecule has 0 bridgehead atoms. The lowest BCUT2D eigenvalue weighted by atomic mass is 10.1. The van der Waals surface area contributed by atoms with Gasteiger partial charge in [0.25, 0.3) is 0 Å². The topological polar surface area (TPSA) is 24.4 Å². The number of nitrogens with one attached hydrogen (secondary N) is 1. The lowest BCUT2D eigenvalue weighted by molar-refractivity contribution is 1.02. The van der Waals surface area contributed by atoms with Crippen LogP contribution in [0.2, 0.25) is 0 Å². The molecule has 5 rings (SSSR count). The van der Waals surface area contributed by atoms with Crippen LogP contribution in [0, 0.1) is 6.92 Å². The quantitative estimate of drug-likeness (QED) is 0.159. The van der Waals surface area contributed by atoms with Crippen LogP contribution in [0.4, 0.5) is 11.4 Å². The second-order valence-corrected chi connectivity index (χ2v) is 17.6. The van der Waals surface area contributed by atoms with Crippen LogP contribution in [-0.4, -0.2) is 11.3 Å². The van der Waals surface area contributed by atoms with Gasteiger partial charge in [-0.3, -0.25) is 4.74 Å². The van der Waals surface area contributed by atoms with Crippen LogP contribution < -0.4 is 21.2 Å². The fourth-order valence-corrected chi connectivity index (χ4v) is 11.6. The Balaban J connectivity index is 1.82. The Kier molecular flexibility index (Phi) is 10.1. The van der Waals surface area contributed by atoms with Crippen molar-refractivity contribution in [2.45, 2.75) is 45.9 Å². The molecule has 0 aliphatic rings. The molecule has 0 heterocycles. The van der Waals surface area contributed by atoms with E-state index in [1.54, 1.807) is 0 Å². The highest BCUT2D eigenvalue weighted by atomic mass is 31.2. The third-order valence-electron chi connectivity index (χ3n) is 7.71. The van der Waals surface area contributed by atoms with Crippen molar-refractivity contribution in [1.82, 2.24) is 0 Å². The van der Waals surface area contributed by atoms with Crippen LogP contribution >= 0.6 is 15.0 Å². The standard InChI is InChI=1S/C39H42N2P2/c1-30(2)42(31(3)4)29-38(33-20-9-6-10-21-33)40-37-27-17-18-28-39(37)43(34-22-11-7-12-23-34,35-24-13-8-14-25-35)41-36-26-16-15-19-32(36)5/h6-31,40H,1-5H3/b38-29-. The second-order valence-electron chi connectivity index (χ2n) is 11.4. The van der Waals surface area contributed by atoms with Gasteiger partial charge in [-0.2, -0.15) is 0 Å². The zero-order valence-electron chi connectivity index (χ0n) is 25.9. The van der Waals surface area contributed by atoms with Crippen molar-refractivity contribution in [2.75, 3.05) is 5.32 Å². The fraction of sp³-hybridized carbons (Fsp3) is 0.179. The Morgan fingerprint density at radius 1 is 0.628 bits per heavy atom. The van der Waals surface area contributed by atoms with Gasteiger partial charge in [-0.25, -0.2) is 0 Å². The minimum Gasteiger partial charge on any atom is -0.354 e. The monoisotopic (exact) mass is 600 g/mol. The Bertz CT molecular complexity index is 1660. The summed E-state index contributed by atoms with van der Waals surface area (Å²) < 4.78 is 5.81. The molecule has 0 fully saturated rings. The minimum absolute atomic E-state index is 0.346. The highest BCUT2D eigenvalue weighted by Crippen LogP contribution is 2.52. The van der Waals surface area contributed by atoms with E-state index in [9.17, 15) is 0 Å². The maximum atomic E-state index is 5.81. The summed E-state index contributed by atoms with van der Waals surface area (Å²) in [7, 11) is -2.87. The van der Waals surface area contributed by atoms with E-state index in [2.05, 4.69) is 185 Å². The molecule has 218 valence electrons. The molecule has 5 aromatic carbocycles. The molecule has 0 spiro atoms. The Morgan fingerprint density at radius 3 is 1.67 bits per heavy atom. The summed E-state index contributed by atoms with van der Waals surface area (Å²) in [6.45, 7) is 11.6. The number of hydrogen-bond donors (Lipinski definition) is 1. The summed E-state index contributed by atoms with van der Waals surface area (Å²) in [6.07, 6.45) is 0. The van der Waals surface area contributed by atoms with Crippen molar-refractivity contribution in [1.29, 1.82) is 0 Å². The molecule has 0 saturated carbocycles. The zero-order valence-corrected chi connectivity index (χ0v) is 27.6. The van der Waals surface area contributed by atoms with Crippen LogP contribution in [0.1, 0.15) is 38.8 Å². The lowest BCUT2D eigenvalue weighted by Gasteiger charge is -2.30. The Hall–Kier alpha value is -3.70. The van der Waals surface area contributed by atoms with Crippen molar-refractivity contribution in [3.63, 3.8) is 0 Å². The first-order valence-corrected chi connectivity index (χ1v) is 18.4. The number of anilines is 1. The fourth-order valence-electron chi connectivity index (χ4n) is 5.57. The van der Waals surface area contributed by atoms with E-state index in [1.165, 1.54) is 27.0 Å².